The molecule has 3 aromatic rings. The summed E-state index contributed by atoms with van der Waals surface area (Å²) in [7, 11) is 0. The zero-order valence-corrected chi connectivity index (χ0v) is 13.7. The molecule has 5 nitrogen and oxygen atoms in total. The van der Waals surface area contributed by atoms with Crippen LogP contribution in [0.15, 0.2) is 59.7 Å². The lowest BCUT2D eigenvalue weighted by molar-refractivity contribution is 0.0689. The van der Waals surface area contributed by atoms with E-state index in [4.69, 9.17) is 0 Å². The molecule has 2 aromatic heterocycles. The minimum atomic E-state index is -0.165. The van der Waals surface area contributed by atoms with Crippen molar-refractivity contribution in [3.8, 4) is 0 Å². The Kier molecular flexibility index (Phi) is 4.42. The molecule has 0 aliphatic heterocycles. The molecular weight excluding hydrogens is 302 g/mol. The Hall–Kier alpha value is -2.95. The highest BCUT2D eigenvalue weighted by molar-refractivity contribution is 5.94. The van der Waals surface area contributed by atoms with Gasteiger partial charge in [-0.1, -0.05) is 18.2 Å². The molecule has 0 aliphatic carbocycles. The molecule has 1 N–H and O–H groups in total. The number of para-hydroxylation sites is 1. The Bertz CT molecular complexity index is 917. The maximum Gasteiger partial charge on any atom is 0.254 e. The summed E-state index contributed by atoms with van der Waals surface area (Å²) in [4.78, 5) is 33.6. The van der Waals surface area contributed by atoms with Gasteiger partial charge in [-0.3, -0.25) is 14.6 Å². The highest BCUT2D eigenvalue weighted by Gasteiger charge is 2.20. The molecule has 0 aliphatic rings. The second-order valence-corrected chi connectivity index (χ2v) is 5.97. The molecule has 122 valence electrons. The highest BCUT2D eigenvalue weighted by Crippen LogP contribution is 2.15. The summed E-state index contributed by atoms with van der Waals surface area (Å²) in [6, 6.07) is 12.8. The maximum absolute atomic E-state index is 12.8. The topological polar surface area (TPSA) is 66.1 Å². The molecule has 1 amide bonds. The first-order chi connectivity index (χ1) is 11.6. The third-order valence-corrected chi connectivity index (χ3v) is 3.98. The van der Waals surface area contributed by atoms with Crippen molar-refractivity contribution in [2.45, 2.75) is 26.4 Å². The lowest BCUT2D eigenvalue weighted by Gasteiger charge is -2.26. The SMILES string of the molecule is CC(C)N(Cc1cc2ccccc2[nH]c1=O)C(=O)c1ccncc1. The summed E-state index contributed by atoms with van der Waals surface area (Å²) in [5.41, 5.74) is 1.77. The minimum absolute atomic E-state index is 0.0310. The van der Waals surface area contributed by atoms with E-state index in [1.807, 2.05) is 44.2 Å². The standard InChI is InChI=1S/C19H19N3O2/c1-13(2)22(19(24)14-7-9-20-10-8-14)12-16-11-15-5-3-4-6-17(15)21-18(16)23/h3-11,13H,12H2,1-2H3,(H,21,23). The molecule has 0 atom stereocenters. The van der Waals surface area contributed by atoms with E-state index < -0.39 is 0 Å². The Morgan fingerprint density at radius 3 is 2.58 bits per heavy atom. The monoisotopic (exact) mass is 321 g/mol. The van der Waals surface area contributed by atoms with Crippen molar-refractivity contribution in [2.75, 3.05) is 0 Å². The Labute approximate surface area is 140 Å². The van der Waals surface area contributed by atoms with Gasteiger partial charge in [0.1, 0.15) is 0 Å². The second kappa shape index (κ2) is 6.66. The number of benzene rings is 1. The van der Waals surface area contributed by atoms with Gasteiger partial charge in [-0.2, -0.15) is 0 Å². The Morgan fingerprint density at radius 2 is 1.88 bits per heavy atom. The van der Waals surface area contributed by atoms with E-state index in [9.17, 15) is 9.59 Å². The molecule has 3 rings (SSSR count). The van der Waals surface area contributed by atoms with Crippen LogP contribution in [-0.4, -0.2) is 26.8 Å². The second-order valence-electron chi connectivity index (χ2n) is 5.97. The lowest BCUT2D eigenvalue weighted by Crippen LogP contribution is -2.38. The molecule has 0 unspecified atom stereocenters. The van der Waals surface area contributed by atoms with Gasteiger partial charge in [0.15, 0.2) is 0 Å². The Morgan fingerprint density at radius 1 is 1.17 bits per heavy atom. The van der Waals surface area contributed by atoms with Crippen LogP contribution < -0.4 is 5.56 Å². The number of hydrogen-bond donors (Lipinski definition) is 1. The van der Waals surface area contributed by atoms with Crippen LogP contribution in [0.2, 0.25) is 0 Å². The van der Waals surface area contributed by atoms with Gasteiger partial charge in [0.25, 0.3) is 11.5 Å². The number of aromatic nitrogens is 2. The average Bonchev–Trinajstić information content (AvgIpc) is 2.59. The van der Waals surface area contributed by atoms with Crippen molar-refractivity contribution < 1.29 is 4.79 Å². The molecule has 0 fully saturated rings. The van der Waals surface area contributed by atoms with E-state index in [-0.39, 0.29) is 24.1 Å². The molecule has 0 bridgehead atoms. The molecule has 0 spiro atoms. The third-order valence-electron chi connectivity index (χ3n) is 3.98. The molecule has 0 radical (unpaired) electrons. The van der Waals surface area contributed by atoms with Crippen molar-refractivity contribution in [3.63, 3.8) is 0 Å². The first-order valence-corrected chi connectivity index (χ1v) is 7.88. The van der Waals surface area contributed by atoms with E-state index in [0.29, 0.717) is 11.1 Å². The van der Waals surface area contributed by atoms with Gasteiger partial charge in [0.05, 0.1) is 6.54 Å². The van der Waals surface area contributed by atoms with E-state index in [1.54, 1.807) is 29.4 Å². The van der Waals surface area contributed by atoms with Gasteiger partial charge in [-0.05, 0) is 43.5 Å². The number of nitrogens with one attached hydrogen (secondary N) is 1. The van der Waals surface area contributed by atoms with Crippen LogP contribution in [0, 0.1) is 0 Å². The van der Waals surface area contributed by atoms with Crippen molar-refractivity contribution in [1.82, 2.24) is 14.9 Å². The van der Waals surface area contributed by atoms with Crippen molar-refractivity contribution in [3.05, 3.63) is 76.3 Å². The van der Waals surface area contributed by atoms with Crippen LogP contribution in [-0.2, 0) is 6.54 Å². The highest BCUT2D eigenvalue weighted by atomic mass is 16.2. The van der Waals surface area contributed by atoms with Crippen LogP contribution in [0.4, 0.5) is 0 Å². The molecule has 1 aromatic carbocycles. The maximum atomic E-state index is 12.8. The normalized spacial score (nSPS) is 11.0. The van der Waals surface area contributed by atoms with Crippen molar-refractivity contribution >= 4 is 16.8 Å². The molecular formula is C19H19N3O2. The van der Waals surface area contributed by atoms with Crippen LogP contribution in [0.3, 0.4) is 0 Å². The van der Waals surface area contributed by atoms with E-state index >= 15 is 0 Å². The number of carbonyl (C=O) groups excluding carboxylic acids is 1. The number of rotatable bonds is 4. The lowest BCUT2D eigenvalue weighted by atomic mass is 10.1. The quantitative estimate of drug-likeness (QED) is 0.803. The predicted octanol–water partition coefficient (Wildman–Crippen LogP) is 2.97. The van der Waals surface area contributed by atoms with Gasteiger partial charge < -0.3 is 9.88 Å². The van der Waals surface area contributed by atoms with Crippen LogP contribution >= 0.6 is 0 Å². The van der Waals surface area contributed by atoms with E-state index in [1.165, 1.54) is 0 Å². The number of amides is 1. The largest absolute Gasteiger partial charge is 0.332 e. The van der Waals surface area contributed by atoms with Gasteiger partial charge in [-0.15, -0.1) is 0 Å². The van der Waals surface area contributed by atoms with E-state index in [0.717, 1.165) is 10.9 Å². The van der Waals surface area contributed by atoms with Gasteiger partial charge in [-0.25, -0.2) is 0 Å². The summed E-state index contributed by atoms with van der Waals surface area (Å²) in [5.74, 6) is -0.111. The third kappa shape index (κ3) is 3.20. The summed E-state index contributed by atoms with van der Waals surface area (Å²) in [5, 5.41) is 0.951. The number of H-pyrrole nitrogens is 1. The zero-order chi connectivity index (χ0) is 17.1. The fourth-order valence-electron chi connectivity index (χ4n) is 2.64. The first kappa shape index (κ1) is 15.9. The molecule has 24 heavy (non-hydrogen) atoms. The zero-order valence-electron chi connectivity index (χ0n) is 13.7. The number of hydrogen-bond acceptors (Lipinski definition) is 3. The smallest absolute Gasteiger partial charge is 0.254 e. The van der Waals surface area contributed by atoms with Gasteiger partial charge in [0, 0.05) is 35.1 Å². The van der Waals surface area contributed by atoms with Crippen LogP contribution in [0.25, 0.3) is 10.9 Å². The van der Waals surface area contributed by atoms with E-state index in [2.05, 4.69) is 9.97 Å². The number of aromatic amines is 1. The fourth-order valence-corrected chi connectivity index (χ4v) is 2.64. The molecule has 0 saturated heterocycles. The molecule has 5 heteroatoms. The summed E-state index contributed by atoms with van der Waals surface area (Å²) < 4.78 is 0. The predicted molar refractivity (Wildman–Crippen MR) is 93.8 cm³/mol. The van der Waals surface area contributed by atoms with Crippen molar-refractivity contribution in [2.24, 2.45) is 0 Å². The van der Waals surface area contributed by atoms with Gasteiger partial charge >= 0.3 is 0 Å². The number of pyridine rings is 2. The summed E-state index contributed by atoms with van der Waals surface area (Å²) >= 11 is 0. The number of nitrogens with zero attached hydrogens (tertiary/aromatic N) is 2. The molecule has 0 saturated carbocycles. The first-order valence-electron chi connectivity index (χ1n) is 7.88. The summed E-state index contributed by atoms with van der Waals surface area (Å²) in [6.45, 7) is 4.14. The molecule has 2 heterocycles. The van der Waals surface area contributed by atoms with Gasteiger partial charge in [0.2, 0.25) is 0 Å². The number of carbonyl (C=O) groups is 1. The van der Waals surface area contributed by atoms with Crippen molar-refractivity contribution in [1.29, 1.82) is 0 Å². The van der Waals surface area contributed by atoms with Crippen LogP contribution in [0.5, 0.6) is 0 Å². The number of fused-ring (bicyclic) bond motifs is 1. The summed E-state index contributed by atoms with van der Waals surface area (Å²) in [6.07, 6.45) is 3.18. The fraction of sp³-hybridized carbons (Fsp3) is 0.211. The Balaban J connectivity index is 1.96. The average molecular weight is 321 g/mol. The van der Waals surface area contributed by atoms with Crippen LogP contribution in [0.1, 0.15) is 29.8 Å². The minimum Gasteiger partial charge on any atom is -0.332 e.